The molecule has 1 heterocycles. The first-order valence-corrected chi connectivity index (χ1v) is 7.16. The lowest BCUT2D eigenvalue weighted by molar-refractivity contribution is 0.623. The Morgan fingerprint density at radius 2 is 1.81 bits per heavy atom. The molecule has 0 radical (unpaired) electrons. The number of nitrogens with two attached hydrogens (primary N) is 1. The van der Waals surface area contributed by atoms with E-state index in [1.54, 1.807) is 12.1 Å². The number of halogens is 1. The van der Waals surface area contributed by atoms with Gasteiger partial charge in [0.15, 0.2) is 0 Å². The van der Waals surface area contributed by atoms with Crippen LogP contribution < -0.4 is 15.5 Å². The molecule has 1 aliphatic rings. The molecule has 0 saturated heterocycles. The number of hydrogen-bond donors (Lipinski definition) is 1. The van der Waals surface area contributed by atoms with E-state index in [0.717, 1.165) is 24.5 Å². The summed E-state index contributed by atoms with van der Waals surface area (Å²) >= 11 is 4.89. The number of anilines is 3. The van der Waals surface area contributed by atoms with Crippen LogP contribution in [-0.4, -0.2) is 25.1 Å². The van der Waals surface area contributed by atoms with Crippen LogP contribution >= 0.6 is 12.2 Å². The second kappa shape index (κ2) is 5.33. The quantitative estimate of drug-likeness (QED) is 0.864. The first kappa shape index (κ1) is 13.8. The van der Waals surface area contributed by atoms with Crippen LogP contribution in [0.25, 0.3) is 0 Å². The molecule has 2 N–H and O–H groups in total. The molecule has 0 atom stereocenters. The number of rotatable bonds is 2. The molecule has 0 saturated carbocycles. The normalized spacial score (nSPS) is 14.0. The summed E-state index contributed by atoms with van der Waals surface area (Å²) in [5, 5.41) is 0. The van der Waals surface area contributed by atoms with Gasteiger partial charge in [-0.3, -0.25) is 0 Å². The smallest absolute Gasteiger partial charge is 0.147 e. The number of likely N-dealkylation sites (N-methyl/N-ethyl adjacent to an activating group) is 1. The maximum absolute atomic E-state index is 14.4. The molecule has 2 aromatic rings. The second-order valence-corrected chi connectivity index (χ2v) is 5.53. The average Bonchev–Trinajstić information content (AvgIpc) is 2.48. The summed E-state index contributed by atoms with van der Waals surface area (Å²) in [5.74, 6) is -0.306. The van der Waals surface area contributed by atoms with Gasteiger partial charge in [-0.1, -0.05) is 24.4 Å². The Bertz CT molecular complexity index is 702. The molecule has 0 aromatic heterocycles. The Kier molecular flexibility index (Phi) is 3.51. The topological polar surface area (TPSA) is 32.5 Å². The summed E-state index contributed by atoms with van der Waals surface area (Å²) in [6.45, 7) is 1.57. The van der Waals surface area contributed by atoms with E-state index in [0.29, 0.717) is 11.3 Å². The summed E-state index contributed by atoms with van der Waals surface area (Å²) in [7, 11) is 2.04. The highest BCUT2D eigenvalue weighted by Crippen LogP contribution is 2.37. The third-order valence-corrected chi connectivity index (χ3v) is 4.00. The van der Waals surface area contributed by atoms with Gasteiger partial charge in [-0.2, -0.15) is 0 Å². The van der Waals surface area contributed by atoms with E-state index < -0.39 is 0 Å². The molecule has 3 rings (SSSR count). The summed E-state index contributed by atoms with van der Waals surface area (Å²) < 4.78 is 14.4. The molecule has 5 heteroatoms. The van der Waals surface area contributed by atoms with Gasteiger partial charge in [0.2, 0.25) is 0 Å². The lowest BCUT2D eigenvalue weighted by Gasteiger charge is -2.37. The average molecular weight is 301 g/mol. The van der Waals surface area contributed by atoms with Crippen LogP contribution in [0.4, 0.5) is 21.5 Å². The van der Waals surface area contributed by atoms with E-state index in [1.807, 2.05) is 36.2 Å². The third kappa shape index (κ3) is 2.45. The van der Waals surface area contributed by atoms with Crippen LogP contribution in [0.1, 0.15) is 5.56 Å². The van der Waals surface area contributed by atoms with Gasteiger partial charge in [0.05, 0.1) is 17.1 Å². The Hall–Kier alpha value is -2.14. The van der Waals surface area contributed by atoms with Crippen molar-refractivity contribution in [1.82, 2.24) is 0 Å². The maximum atomic E-state index is 14.4. The fourth-order valence-electron chi connectivity index (χ4n) is 2.64. The lowest BCUT2D eigenvalue weighted by atomic mass is 10.1. The maximum Gasteiger partial charge on any atom is 0.147 e. The minimum absolute atomic E-state index is 0.208. The van der Waals surface area contributed by atoms with Crippen LogP contribution in [0.2, 0.25) is 0 Å². The minimum atomic E-state index is -0.306. The molecular formula is C16H16FN3S. The molecule has 0 aliphatic carbocycles. The van der Waals surface area contributed by atoms with Gasteiger partial charge in [0.25, 0.3) is 0 Å². The van der Waals surface area contributed by atoms with Gasteiger partial charge in [-0.05, 0) is 30.3 Å². The molecular weight excluding hydrogens is 285 g/mol. The Morgan fingerprint density at radius 3 is 2.48 bits per heavy atom. The van der Waals surface area contributed by atoms with E-state index in [2.05, 4.69) is 4.90 Å². The molecule has 21 heavy (non-hydrogen) atoms. The fourth-order valence-corrected chi connectivity index (χ4v) is 2.76. The number of benzene rings is 2. The predicted molar refractivity (Wildman–Crippen MR) is 89.0 cm³/mol. The zero-order valence-corrected chi connectivity index (χ0v) is 12.5. The summed E-state index contributed by atoms with van der Waals surface area (Å²) in [6, 6.07) is 12.9. The number of thiocarbonyl (C=S) groups is 1. The Morgan fingerprint density at radius 1 is 1.10 bits per heavy atom. The van der Waals surface area contributed by atoms with Crippen LogP contribution in [0, 0.1) is 5.82 Å². The second-order valence-electron chi connectivity index (χ2n) is 5.09. The molecule has 3 nitrogen and oxygen atoms in total. The lowest BCUT2D eigenvalue weighted by Crippen LogP contribution is -2.36. The third-order valence-electron chi connectivity index (χ3n) is 3.77. The van der Waals surface area contributed by atoms with Gasteiger partial charge < -0.3 is 15.5 Å². The zero-order chi connectivity index (χ0) is 15.0. The van der Waals surface area contributed by atoms with Gasteiger partial charge in [-0.15, -0.1) is 0 Å². The standard InChI is InChI=1S/C16H16FN3S/c1-19-8-9-20(15-5-3-2-4-14(15)19)13-7-6-11(16(18)21)10-12(13)17/h2-7,10H,8-9H2,1H3,(H2,18,21). The highest BCUT2D eigenvalue weighted by atomic mass is 32.1. The Labute approximate surface area is 128 Å². The zero-order valence-electron chi connectivity index (χ0n) is 11.7. The van der Waals surface area contributed by atoms with E-state index in [1.165, 1.54) is 6.07 Å². The minimum Gasteiger partial charge on any atom is -0.389 e. The highest BCUT2D eigenvalue weighted by molar-refractivity contribution is 7.80. The van der Waals surface area contributed by atoms with Crippen molar-refractivity contribution in [3.05, 3.63) is 53.8 Å². The van der Waals surface area contributed by atoms with Crippen molar-refractivity contribution in [1.29, 1.82) is 0 Å². The van der Waals surface area contributed by atoms with Crippen LogP contribution in [0.15, 0.2) is 42.5 Å². The van der Waals surface area contributed by atoms with E-state index in [-0.39, 0.29) is 10.8 Å². The van der Waals surface area contributed by atoms with Gasteiger partial charge in [0, 0.05) is 25.7 Å². The van der Waals surface area contributed by atoms with Crippen molar-refractivity contribution >= 4 is 34.3 Å². The monoisotopic (exact) mass is 301 g/mol. The molecule has 1 aliphatic heterocycles. The molecule has 0 spiro atoms. The molecule has 2 aromatic carbocycles. The van der Waals surface area contributed by atoms with Gasteiger partial charge in [0.1, 0.15) is 10.8 Å². The number of hydrogen-bond acceptors (Lipinski definition) is 3. The van der Waals surface area contributed by atoms with Crippen molar-refractivity contribution in [3.8, 4) is 0 Å². The van der Waals surface area contributed by atoms with E-state index in [9.17, 15) is 4.39 Å². The van der Waals surface area contributed by atoms with E-state index in [4.69, 9.17) is 18.0 Å². The van der Waals surface area contributed by atoms with Crippen molar-refractivity contribution in [2.75, 3.05) is 29.9 Å². The van der Waals surface area contributed by atoms with Crippen molar-refractivity contribution in [3.63, 3.8) is 0 Å². The largest absolute Gasteiger partial charge is 0.389 e. The number of fused-ring (bicyclic) bond motifs is 1. The molecule has 0 amide bonds. The van der Waals surface area contributed by atoms with Crippen LogP contribution in [0.3, 0.4) is 0 Å². The molecule has 0 unspecified atom stereocenters. The van der Waals surface area contributed by atoms with E-state index >= 15 is 0 Å². The summed E-state index contributed by atoms with van der Waals surface area (Å²) in [5.41, 5.74) is 8.76. The molecule has 0 bridgehead atoms. The van der Waals surface area contributed by atoms with Gasteiger partial charge in [-0.25, -0.2) is 4.39 Å². The van der Waals surface area contributed by atoms with Gasteiger partial charge >= 0.3 is 0 Å². The Balaban J connectivity index is 2.06. The highest BCUT2D eigenvalue weighted by Gasteiger charge is 2.23. The summed E-state index contributed by atoms with van der Waals surface area (Å²) in [4.78, 5) is 4.38. The predicted octanol–water partition coefficient (Wildman–Crippen LogP) is 3.05. The number of nitrogens with zero attached hydrogens (tertiary/aromatic N) is 2. The first-order chi connectivity index (χ1) is 10.1. The SMILES string of the molecule is CN1CCN(c2ccc(C(N)=S)cc2F)c2ccccc21. The van der Waals surface area contributed by atoms with Crippen LogP contribution in [0.5, 0.6) is 0 Å². The van der Waals surface area contributed by atoms with Crippen molar-refractivity contribution in [2.24, 2.45) is 5.73 Å². The first-order valence-electron chi connectivity index (χ1n) is 6.75. The van der Waals surface area contributed by atoms with Crippen LogP contribution in [-0.2, 0) is 0 Å². The van der Waals surface area contributed by atoms with Crippen molar-refractivity contribution < 1.29 is 4.39 Å². The summed E-state index contributed by atoms with van der Waals surface area (Å²) in [6.07, 6.45) is 0. The molecule has 108 valence electrons. The van der Waals surface area contributed by atoms with Crippen molar-refractivity contribution in [2.45, 2.75) is 0 Å². The molecule has 0 fully saturated rings. The fraction of sp³-hybridized carbons (Fsp3) is 0.188. The number of para-hydroxylation sites is 2.